The van der Waals surface area contributed by atoms with Crippen LogP contribution in [0, 0.1) is 5.41 Å². The molecule has 7 heteroatoms. The van der Waals surface area contributed by atoms with Crippen LogP contribution in [0.3, 0.4) is 0 Å². The van der Waals surface area contributed by atoms with Gasteiger partial charge in [-0.15, -0.1) is 0 Å². The second-order valence-electron chi connectivity index (χ2n) is 8.01. The zero-order chi connectivity index (χ0) is 19.1. The third-order valence-electron chi connectivity index (χ3n) is 5.31. The summed E-state index contributed by atoms with van der Waals surface area (Å²) in [6.07, 6.45) is 1.22. The van der Waals surface area contributed by atoms with E-state index in [1.165, 1.54) is 4.90 Å². The highest BCUT2D eigenvalue weighted by Crippen LogP contribution is 2.48. The van der Waals surface area contributed by atoms with Gasteiger partial charge in [0.25, 0.3) is 0 Å². The van der Waals surface area contributed by atoms with Crippen molar-refractivity contribution in [2.45, 2.75) is 44.8 Å². The molecule has 1 aliphatic heterocycles. The third kappa shape index (κ3) is 3.30. The van der Waals surface area contributed by atoms with E-state index in [9.17, 15) is 14.5 Å². The van der Waals surface area contributed by atoms with Crippen LogP contribution in [-0.2, 0) is 17.8 Å². The van der Waals surface area contributed by atoms with Crippen LogP contribution in [0.15, 0.2) is 22.6 Å². The maximum atomic E-state index is 12.8. The predicted molar refractivity (Wildman–Crippen MR) is 102 cm³/mol. The normalized spacial score (nSPS) is 21.7. The van der Waals surface area contributed by atoms with Crippen LogP contribution in [0.25, 0.3) is 0 Å². The van der Waals surface area contributed by atoms with Crippen LogP contribution in [0.4, 0.5) is 4.79 Å². The number of piperidine rings is 1. The van der Waals surface area contributed by atoms with Crippen LogP contribution < -0.4 is 4.74 Å². The molecule has 142 valence electrons. The first-order valence-electron chi connectivity index (χ1n) is 8.83. The van der Waals surface area contributed by atoms with Gasteiger partial charge >= 0.3 is 6.09 Å². The molecule has 1 aromatic carbocycles. The molecule has 2 aliphatic rings. The molecule has 0 radical (unpaired) electrons. The Balaban J connectivity index is 2.04. The number of rotatable bonds is 2. The summed E-state index contributed by atoms with van der Waals surface area (Å²) in [7, 11) is 1.65. The van der Waals surface area contributed by atoms with Gasteiger partial charge in [-0.1, -0.05) is 16.5 Å². The minimum absolute atomic E-state index is 0.274. The van der Waals surface area contributed by atoms with E-state index in [2.05, 4.69) is 4.40 Å². The highest BCUT2D eigenvalue weighted by Gasteiger charge is 2.49. The second kappa shape index (κ2) is 6.78. The first-order chi connectivity index (χ1) is 12.2. The van der Waals surface area contributed by atoms with E-state index < -0.39 is 22.2 Å². The van der Waals surface area contributed by atoms with Crippen molar-refractivity contribution < 1.29 is 19.2 Å². The standard InChI is InChI=1S/C19H26N2O4S/c1-18(2,3)26(24)20-16-13-6-5-7-15(25-4)14(13)12-19(16)8-10-21(11-9-19)17(22)23/h5-7H,8-12H2,1-4H3,(H,22,23)/b20-16+/t26-/m1/s1. The molecule has 1 fully saturated rings. The summed E-state index contributed by atoms with van der Waals surface area (Å²) in [6.45, 7) is 6.66. The van der Waals surface area contributed by atoms with Gasteiger partial charge in [0.2, 0.25) is 0 Å². The molecule has 0 saturated carbocycles. The average molecular weight is 378 g/mol. The molecule has 1 aromatic rings. The van der Waals surface area contributed by atoms with Gasteiger partial charge in [0.05, 0.1) is 7.11 Å². The molecule has 1 spiro atoms. The van der Waals surface area contributed by atoms with E-state index in [1.807, 2.05) is 39.0 Å². The lowest BCUT2D eigenvalue weighted by Crippen LogP contribution is -2.45. The van der Waals surface area contributed by atoms with Crippen molar-refractivity contribution in [3.05, 3.63) is 29.3 Å². The number of benzene rings is 1. The summed E-state index contributed by atoms with van der Waals surface area (Å²) >= 11 is -1.37. The molecule has 6 nitrogen and oxygen atoms in total. The number of carbonyl (C=O) groups is 1. The Morgan fingerprint density at radius 2 is 2.00 bits per heavy atom. The highest BCUT2D eigenvalue weighted by atomic mass is 32.2. The minimum Gasteiger partial charge on any atom is -0.591 e. The molecule has 26 heavy (non-hydrogen) atoms. The van der Waals surface area contributed by atoms with E-state index in [1.54, 1.807) is 7.11 Å². The zero-order valence-electron chi connectivity index (χ0n) is 15.7. The lowest BCUT2D eigenvalue weighted by molar-refractivity contribution is 0.114. The summed E-state index contributed by atoms with van der Waals surface area (Å²) < 4.78 is 22.5. The van der Waals surface area contributed by atoms with Crippen LogP contribution in [0.2, 0.25) is 0 Å². The van der Waals surface area contributed by atoms with Gasteiger partial charge in [-0.05, 0) is 46.1 Å². The van der Waals surface area contributed by atoms with Crippen molar-refractivity contribution in [3.63, 3.8) is 0 Å². The van der Waals surface area contributed by atoms with Crippen molar-refractivity contribution in [3.8, 4) is 5.75 Å². The zero-order valence-corrected chi connectivity index (χ0v) is 16.6. The summed E-state index contributed by atoms with van der Waals surface area (Å²) in [5, 5.41) is 9.27. The van der Waals surface area contributed by atoms with Crippen LogP contribution in [0.5, 0.6) is 5.75 Å². The Kier molecular flexibility index (Phi) is 4.96. The van der Waals surface area contributed by atoms with E-state index in [-0.39, 0.29) is 5.41 Å². The quantitative estimate of drug-likeness (QED) is 0.801. The number of amides is 1. The van der Waals surface area contributed by atoms with Crippen molar-refractivity contribution >= 4 is 23.2 Å². The molecule has 1 amide bonds. The maximum Gasteiger partial charge on any atom is 0.407 e. The van der Waals surface area contributed by atoms with Gasteiger partial charge in [-0.2, -0.15) is 0 Å². The third-order valence-corrected chi connectivity index (χ3v) is 6.71. The van der Waals surface area contributed by atoms with Crippen molar-refractivity contribution in [1.82, 2.24) is 4.90 Å². The van der Waals surface area contributed by atoms with Crippen molar-refractivity contribution in [1.29, 1.82) is 0 Å². The molecular formula is C19H26N2O4S. The molecular weight excluding hydrogens is 352 g/mol. The number of hydrogen-bond acceptors (Lipinski definition) is 4. The van der Waals surface area contributed by atoms with Crippen LogP contribution in [-0.4, -0.2) is 51.3 Å². The Labute approximate surface area is 157 Å². The number of hydrogen-bond donors (Lipinski definition) is 1. The summed E-state index contributed by atoms with van der Waals surface area (Å²) in [6, 6.07) is 5.87. The fourth-order valence-electron chi connectivity index (χ4n) is 3.77. The lowest BCUT2D eigenvalue weighted by Gasteiger charge is -2.38. The minimum atomic E-state index is -1.37. The molecule has 1 aliphatic carbocycles. The fourth-order valence-corrected chi connectivity index (χ4v) is 4.51. The number of carboxylic acid groups (broad SMARTS) is 1. The summed E-state index contributed by atoms with van der Waals surface area (Å²) in [5.41, 5.74) is 2.66. The van der Waals surface area contributed by atoms with Crippen LogP contribution >= 0.6 is 0 Å². The number of nitrogens with zero attached hydrogens (tertiary/aromatic N) is 2. The molecule has 0 unspecified atom stereocenters. The topological polar surface area (TPSA) is 85.2 Å². The predicted octanol–water partition coefficient (Wildman–Crippen LogP) is 3.26. The van der Waals surface area contributed by atoms with Crippen molar-refractivity contribution in [2.24, 2.45) is 9.81 Å². The van der Waals surface area contributed by atoms with E-state index in [0.717, 1.165) is 29.0 Å². The van der Waals surface area contributed by atoms with Gasteiger partial charge in [0.1, 0.15) is 27.6 Å². The second-order valence-corrected chi connectivity index (χ2v) is 9.92. The maximum absolute atomic E-state index is 12.8. The van der Waals surface area contributed by atoms with Gasteiger partial charge in [0.15, 0.2) is 0 Å². The van der Waals surface area contributed by atoms with Gasteiger partial charge < -0.3 is 19.3 Å². The van der Waals surface area contributed by atoms with Gasteiger partial charge in [0, 0.05) is 29.6 Å². The van der Waals surface area contributed by atoms with E-state index in [0.29, 0.717) is 25.9 Å². The largest absolute Gasteiger partial charge is 0.591 e. The smallest absolute Gasteiger partial charge is 0.407 e. The van der Waals surface area contributed by atoms with Crippen LogP contribution in [0.1, 0.15) is 44.7 Å². The SMILES string of the molecule is COc1cccc2c1CC1(CCN(C(=O)O)CC1)/C2=N/[S@+]([O-])C(C)(C)C. The first kappa shape index (κ1) is 19.0. The average Bonchev–Trinajstić information content (AvgIpc) is 2.87. The fraction of sp³-hybridized carbons (Fsp3) is 0.579. The monoisotopic (exact) mass is 378 g/mol. The van der Waals surface area contributed by atoms with Gasteiger partial charge in [-0.25, -0.2) is 4.79 Å². The lowest BCUT2D eigenvalue weighted by atomic mass is 9.74. The molecule has 1 saturated heterocycles. The molecule has 0 bridgehead atoms. The number of methoxy groups -OCH3 is 1. The molecule has 1 N–H and O–H groups in total. The molecule has 3 rings (SSSR count). The van der Waals surface area contributed by atoms with Crippen molar-refractivity contribution in [2.75, 3.05) is 20.2 Å². The number of likely N-dealkylation sites (tertiary alicyclic amines) is 1. The van der Waals surface area contributed by atoms with E-state index >= 15 is 0 Å². The Hall–Kier alpha value is -1.73. The van der Waals surface area contributed by atoms with E-state index in [4.69, 9.17) is 4.74 Å². The Morgan fingerprint density at radius 1 is 1.35 bits per heavy atom. The summed E-state index contributed by atoms with van der Waals surface area (Å²) in [5.74, 6) is 0.814. The summed E-state index contributed by atoms with van der Waals surface area (Å²) in [4.78, 5) is 12.7. The molecule has 0 aromatic heterocycles. The molecule has 1 atom stereocenters. The highest BCUT2D eigenvalue weighted by molar-refractivity contribution is 7.91. The van der Waals surface area contributed by atoms with Gasteiger partial charge in [-0.3, -0.25) is 0 Å². The first-order valence-corrected chi connectivity index (χ1v) is 9.94. The Bertz CT molecular complexity index is 734. The number of fused-ring (bicyclic) bond motifs is 1. The number of ether oxygens (including phenoxy) is 1. The Morgan fingerprint density at radius 3 is 2.54 bits per heavy atom. The molecule has 1 heterocycles.